The SMILES string of the molecule is CC(C)(C)c1cc(F)cc(C=N[C@@H]2CCCC[C@H]2N=Cc2cc(F)cc(C(C)(C)C)c2O)c1O. The Morgan fingerprint density at radius 2 is 1.06 bits per heavy atom. The van der Waals surface area contributed by atoms with Crippen molar-refractivity contribution in [2.24, 2.45) is 9.98 Å². The second-order valence-corrected chi connectivity index (χ2v) is 11.3. The van der Waals surface area contributed by atoms with E-state index in [1.807, 2.05) is 41.5 Å². The van der Waals surface area contributed by atoms with Crippen molar-refractivity contribution in [3.63, 3.8) is 0 Å². The summed E-state index contributed by atoms with van der Waals surface area (Å²) in [7, 11) is 0. The van der Waals surface area contributed by atoms with Gasteiger partial charge in [0.2, 0.25) is 0 Å². The van der Waals surface area contributed by atoms with Crippen LogP contribution < -0.4 is 0 Å². The van der Waals surface area contributed by atoms with Gasteiger partial charge in [0.1, 0.15) is 23.1 Å². The number of hydrogen-bond acceptors (Lipinski definition) is 4. The molecule has 0 aromatic heterocycles. The Labute approximate surface area is 201 Å². The van der Waals surface area contributed by atoms with Crippen molar-refractivity contribution in [1.82, 2.24) is 0 Å². The molecule has 6 heteroatoms. The lowest BCUT2D eigenvalue weighted by atomic mass is 9.85. The highest BCUT2D eigenvalue weighted by molar-refractivity contribution is 5.85. The van der Waals surface area contributed by atoms with Gasteiger partial charge in [-0.15, -0.1) is 0 Å². The maximum Gasteiger partial charge on any atom is 0.128 e. The van der Waals surface area contributed by atoms with E-state index in [0.29, 0.717) is 22.3 Å². The van der Waals surface area contributed by atoms with Gasteiger partial charge in [-0.2, -0.15) is 0 Å². The first-order valence-electron chi connectivity index (χ1n) is 11.9. The maximum atomic E-state index is 14.2. The summed E-state index contributed by atoms with van der Waals surface area (Å²) in [6, 6.07) is 4.99. The van der Waals surface area contributed by atoms with Crippen LogP contribution in [0, 0.1) is 11.6 Å². The number of nitrogens with zero attached hydrogens (tertiary/aromatic N) is 2. The van der Waals surface area contributed by atoms with Crippen LogP contribution >= 0.6 is 0 Å². The molecule has 34 heavy (non-hydrogen) atoms. The summed E-state index contributed by atoms with van der Waals surface area (Å²) in [4.78, 5) is 9.33. The Kier molecular flexibility index (Phi) is 7.49. The third-order valence-corrected chi connectivity index (χ3v) is 6.33. The van der Waals surface area contributed by atoms with Gasteiger partial charge in [0.25, 0.3) is 0 Å². The molecule has 0 heterocycles. The molecule has 0 spiro atoms. The van der Waals surface area contributed by atoms with E-state index in [1.165, 1.54) is 36.7 Å². The van der Waals surface area contributed by atoms with E-state index in [4.69, 9.17) is 0 Å². The lowest BCUT2D eigenvalue weighted by Gasteiger charge is -2.26. The summed E-state index contributed by atoms with van der Waals surface area (Å²) < 4.78 is 28.4. The van der Waals surface area contributed by atoms with Crippen molar-refractivity contribution < 1.29 is 19.0 Å². The smallest absolute Gasteiger partial charge is 0.128 e. The van der Waals surface area contributed by atoms with Gasteiger partial charge >= 0.3 is 0 Å². The van der Waals surface area contributed by atoms with Crippen LogP contribution in [-0.2, 0) is 10.8 Å². The van der Waals surface area contributed by atoms with E-state index >= 15 is 0 Å². The molecule has 2 aromatic rings. The highest BCUT2D eigenvalue weighted by Gasteiger charge is 2.26. The Morgan fingerprint density at radius 1 is 0.706 bits per heavy atom. The number of phenols is 2. The lowest BCUT2D eigenvalue weighted by molar-refractivity contribution is 0.389. The van der Waals surface area contributed by atoms with Crippen molar-refractivity contribution in [3.05, 3.63) is 58.2 Å². The van der Waals surface area contributed by atoms with E-state index in [2.05, 4.69) is 9.98 Å². The second kappa shape index (κ2) is 9.85. The van der Waals surface area contributed by atoms with Gasteiger partial charge in [-0.1, -0.05) is 54.4 Å². The monoisotopic (exact) mass is 470 g/mol. The van der Waals surface area contributed by atoms with Crippen LogP contribution in [0.2, 0.25) is 0 Å². The molecule has 4 nitrogen and oxygen atoms in total. The summed E-state index contributed by atoms with van der Waals surface area (Å²) in [5, 5.41) is 21.4. The van der Waals surface area contributed by atoms with Crippen molar-refractivity contribution >= 4 is 12.4 Å². The molecule has 0 amide bonds. The molecule has 0 saturated heterocycles. The second-order valence-electron chi connectivity index (χ2n) is 11.3. The van der Waals surface area contributed by atoms with Gasteiger partial charge in [-0.25, -0.2) is 8.78 Å². The van der Waals surface area contributed by atoms with Crippen LogP contribution in [0.1, 0.15) is 89.5 Å². The number of benzene rings is 2. The van der Waals surface area contributed by atoms with Crippen LogP contribution in [0.15, 0.2) is 34.3 Å². The number of aromatic hydroxyl groups is 2. The van der Waals surface area contributed by atoms with Crippen molar-refractivity contribution in [2.75, 3.05) is 0 Å². The van der Waals surface area contributed by atoms with E-state index < -0.39 is 22.5 Å². The fraction of sp³-hybridized carbons (Fsp3) is 0.500. The number of phenolic OH excluding ortho intramolecular Hbond substituents is 2. The first kappa shape index (κ1) is 25.9. The average Bonchev–Trinajstić information content (AvgIpc) is 2.73. The molecule has 1 saturated carbocycles. The zero-order chi connectivity index (χ0) is 25.3. The van der Waals surface area contributed by atoms with Crippen LogP contribution in [0.5, 0.6) is 11.5 Å². The molecule has 1 aliphatic carbocycles. The molecule has 3 rings (SSSR count). The van der Waals surface area contributed by atoms with Gasteiger partial charge < -0.3 is 10.2 Å². The Bertz CT molecular complexity index is 1010. The summed E-state index contributed by atoms with van der Waals surface area (Å²) in [6.45, 7) is 11.5. The van der Waals surface area contributed by atoms with Crippen LogP contribution in [0.3, 0.4) is 0 Å². The summed E-state index contributed by atoms with van der Waals surface area (Å²) in [5.74, 6) is -0.766. The Morgan fingerprint density at radius 3 is 1.38 bits per heavy atom. The van der Waals surface area contributed by atoms with Crippen molar-refractivity contribution in [1.29, 1.82) is 0 Å². The Balaban J connectivity index is 1.88. The maximum absolute atomic E-state index is 14.2. The van der Waals surface area contributed by atoms with E-state index in [1.54, 1.807) is 0 Å². The standard InChI is InChI=1S/C28H36F2N2O2/c1-27(2,3)21-13-19(29)11-17(25(21)33)15-31-23-9-7-8-10-24(23)32-16-18-12-20(30)14-22(26(18)34)28(4,5)6/h11-16,23-24,33-34H,7-10H2,1-6H3/t23-,24-/m1/s1. The fourth-order valence-electron chi connectivity index (χ4n) is 4.37. The van der Waals surface area contributed by atoms with Gasteiger partial charge in [0.15, 0.2) is 0 Å². The molecule has 0 aliphatic heterocycles. The normalized spacial score (nSPS) is 19.9. The summed E-state index contributed by atoms with van der Waals surface area (Å²) >= 11 is 0. The van der Waals surface area contributed by atoms with Gasteiger partial charge in [0.05, 0.1) is 12.1 Å². The topological polar surface area (TPSA) is 65.2 Å². The zero-order valence-corrected chi connectivity index (χ0v) is 21.0. The predicted molar refractivity (Wildman–Crippen MR) is 135 cm³/mol. The van der Waals surface area contributed by atoms with Gasteiger partial charge in [0, 0.05) is 34.7 Å². The lowest BCUT2D eigenvalue weighted by Crippen LogP contribution is -2.27. The highest BCUT2D eigenvalue weighted by atomic mass is 19.1. The molecular formula is C28H36F2N2O2. The van der Waals surface area contributed by atoms with E-state index in [0.717, 1.165) is 25.7 Å². The molecule has 0 bridgehead atoms. The van der Waals surface area contributed by atoms with Crippen LogP contribution in [0.4, 0.5) is 8.78 Å². The average molecular weight is 471 g/mol. The molecule has 184 valence electrons. The molecular weight excluding hydrogens is 434 g/mol. The molecule has 1 aliphatic rings. The molecule has 2 N–H and O–H groups in total. The summed E-state index contributed by atoms with van der Waals surface area (Å²) in [6.07, 6.45) is 6.67. The fourth-order valence-corrected chi connectivity index (χ4v) is 4.37. The van der Waals surface area contributed by atoms with E-state index in [-0.39, 0.29) is 23.6 Å². The highest BCUT2D eigenvalue weighted by Crippen LogP contribution is 2.35. The molecule has 2 atom stereocenters. The first-order chi connectivity index (χ1) is 15.8. The Hall–Kier alpha value is -2.76. The first-order valence-corrected chi connectivity index (χ1v) is 11.9. The minimum absolute atomic E-state index is 0.0351. The van der Waals surface area contributed by atoms with E-state index in [9.17, 15) is 19.0 Å². The van der Waals surface area contributed by atoms with Gasteiger partial charge in [-0.3, -0.25) is 9.98 Å². The summed E-state index contributed by atoms with van der Waals surface area (Å²) in [5.41, 5.74) is 0.926. The largest absolute Gasteiger partial charge is 0.507 e. The number of aliphatic imine (C=N–C) groups is 2. The molecule has 1 fully saturated rings. The molecule has 0 unspecified atom stereocenters. The predicted octanol–water partition coefficient (Wildman–Crippen LogP) is 6.82. The number of halogens is 2. The number of hydrogen-bond donors (Lipinski definition) is 2. The third kappa shape index (κ3) is 6.02. The quantitative estimate of drug-likeness (QED) is 0.482. The minimum Gasteiger partial charge on any atom is -0.507 e. The van der Waals surface area contributed by atoms with Crippen molar-refractivity contribution in [2.45, 2.75) is 90.1 Å². The molecule has 2 aromatic carbocycles. The van der Waals surface area contributed by atoms with Crippen molar-refractivity contribution in [3.8, 4) is 11.5 Å². The minimum atomic E-state index is -0.418. The van der Waals surface area contributed by atoms with Crippen LogP contribution in [-0.4, -0.2) is 34.7 Å². The van der Waals surface area contributed by atoms with Gasteiger partial charge in [-0.05, 0) is 47.9 Å². The third-order valence-electron chi connectivity index (χ3n) is 6.33. The zero-order valence-electron chi connectivity index (χ0n) is 21.0. The van der Waals surface area contributed by atoms with Crippen LogP contribution in [0.25, 0.3) is 0 Å². The molecule has 0 radical (unpaired) electrons. The number of rotatable bonds is 4.